The van der Waals surface area contributed by atoms with Crippen LogP contribution in [0.4, 0.5) is 0 Å². The molecule has 5 nitrogen and oxygen atoms in total. The molecule has 1 heterocycles. The molecule has 5 heteroatoms. The van der Waals surface area contributed by atoms with Crippen molar-refractivity contribution in [1.82, 2.24) is 0 Å². The Kier molecular flexibility index (Phi) is 4.85. The zero-order valence-corrected chi connectivity index (χ0v) is 13.2. The van der Waals surface area contributed by atoms with Gasteiger partial charge in [-0.1, -0.05) is 12.1 Å². The molecule has 2 rings (SSSR count). The number of allylic oxidation sites excluding steroid dienone is 1. The lowest BCUT2D eigenvalue weighted by Crippen LogP contribution is -2.30. The summed E-state index contributed by atoms with van der Waals surface area (Å²) < 4.78 is 15.8. The lowest BCUT2D eigenvalue weighted by Gasteiger charge is -2.19. The lowest BCUT2D eigenvalue weighted by molar-refractivity contribution is -0.153. The molecule has 0 N–H and O–H groups in total. The quantitative estimate of drug-likeness (QED) is 0.782. The molecule has 1 aromatic carbocycles. The molecule has 0 aromatic heterocycles. The van der Waals surface area contributed by atoms with Crippen LogP contribution in [0.3, 0.4) is 0 Å². The molecule has 1 aliphatic heterocycles. The van der Waals surface area contributed by atoms with Crippen molar-refractivity contribution in [2.45, 2.75) is 32.8 Å². The number of carbonyl (C=O) groups is 2. The number of carbonyl (C=O) groups excluding carboxylic acids is 2. The topological polar surface area (TPSA) is 61.8 Å². The maximum atomic E-state index is 12.2. The van der Waals surface area contributed by atoms with Gasteiger partial charge in [-0.05, 0) is 38.5 Å². The number of ether oxygens (including phenoxy) is 3. The van der Waals surface area contributed by atoms with Crippen LogP contribution in [0.25, 0.3) is 0 Å². The maximum absolute atomic E-state index is 12.2. The van der Waals surface area contributed by atoms with Crippen molar-refractivity contribution >= 4 is 11.8 Å². The van der Waals surface area contributed by atoms with Crippen LogP contribution < -0.4 is 4.74 Å². The van der Waals surface area contributed by atoms with E-state index in [1.807, 2.05) is 12.1 Å². The van der Waals surface area contributed by atoms with Gasteiger partial charge in [-0.2, -0.15) is 0 Å². The van der Waals surface area contributed by atoms with Crippen LogP contribution >= 0.6 is 0 Å². The normalized spacial score (nSPS) is 20.5. The second-order valence-electron chi connectivity index (χ2n) is 5.07. The number of benzene rings is 1. The molecular weight excluding hydrogens is 284 g/mol. The van der Waals surface area contributed by atoms with Crippen LogP contribution in [0.5, 0.6) is 5.75 Å². The van der Waals surface area contributed by atoms with Crippen molar-refractivity contribution in [2.24, 2.45) is 0 Å². The van der Waals surface area contributed by atoms with E-state index in [2.05, 4.69) is 0 Å². The highest BCUT2D eigenvalue weighted by Gasteiger charge is 2.43. The highest BCUT2D eigenvalue weighted by Crippen LogP contribution is 2.40. The number of methoxy groups -OCH3 is 1. The van der Waals surface area contributed by atoms with Gasteiger partial charge in [0.05, 0.1) is 19.6 Å². The van der Waals surface area contributed by atoms with E-state index in [0.717, 1.165) is 5.56 Å². The molecule has 0 amide bonds. The standard InChI is InChI=1S/C17H20O5/c1-5-21-17(19)16-15(14(10(2)18)11(3)22-16)12-6-8-13(20-4)9-7-12/h6-9,15-16H,5H2,1-4H3/t15-,16-/m0/s1. The van der Waals surface area contributed by atoms with Crippen molar-refractivity contribution in [3.05, 3.63) is 41.2 Å². The second kappa shape index (κ2) is 6.64. The Morgan fingerprint density at radius 3 is 2.36 bits per heavy atom. The van der Waals surface area contributed by atoms with Crippen LogP contribution in [-0.4, -0.2) is 31.6 Å². The first kappa shape index (κ1) is 16.1. The Bertz CT molecular complexity index is 600. The largest absolute Gasteiger partial charge is 0.497 e. The fourth-order valence-corrected chi connectivity index (χ4v) is 2.72. The van der Waals surface area contributed by atoms with Crippen LogP contribution in [0.15, 0.2) is 35.6 Å². The van der Waals surface area contributed by atoms with Gasteiger partial charge in [0.2, 0.25) is 6.10 Å². The molecule has 0 spiro atoms. The third-order valence-electron chi connectivity index (χ3n) is 3.67. The van der Waals surface area contributed by atoms with E-state index in [4.69, 9.17) is 14.2 Å². The van der Waals surface area contributed by atoms with Crippen LogP contribution in [0.2, 0.25) is 0 Å². The monoisotopic (exact) mass is 304 g/mol. The number of hydrogen-bond acceptors (Lipinski definition) is 5. The third kappa shape index (κ3) is 2.98. The summed E-state index contributed by atoms with van der Waals surface area (Å²) in [5, 5.41) is 0. The summed E-state index contributed by atoms with van der Waals surface area (Å²) in [4.78, 5) is 24.1. The van der Waals surface area contributed by atoms with Crippen molar-refractivity contribution in [3.63, 3.8) is 0 Å². The summed E-state index contributed by atoms with van der Waals surface area (Å²) in [5.41, 5.74) is 1.34. The summed E-state index contributed by atoms with van der Waals surface area (Å²) in [6, 6.07) is 7.26. The van der Waals surface area contributed by atoms with Gasteiger partial charge >= 0.3 is 5.97 Å². The molecule has 0 bridgehead atoms. The number of ketones is 1. The summed E-state index contributed by atoms with van der Waals surface area (Å²) >= 11 is 0. The van der Waals surface area contributed by atoms with Gasteiger partial charge < -0.3 is 14.2 Å². The minimum Gasteiger partial charge on any atom is -0.497 e. The fraction of sp³-hybridized carbons (Fsp3) is 0.412. The fourth-order valence-electron chi connectivity index (χ4n) is 2.72. The molecule has 0 saturated heterocycles. The van der Waals surface area contributed by atoms with Crippen molar-refractivity contribution < 1.29 is 23.8 Å². The minimum atomic E-state index is -0.827. The first-order valence-electron chi connectivity index (χ1n) is 7.18. The van der Waals surface area contributed by atoms with E-state index in [1.165, 1.54) is 6.92 Å². The molecule has 1 aliphatic rings. The lowest BCUT2D eigenvalue weighted by atomic mass is 9.85. The van der Waals surface area contributed by atoms with Gasteiger partial charge in [-0.15, -0.1) is 0 Å². The molecule has 0 unspecified atom stereocenters. The first-order valence-corrected chi connectivity index (χ1v) is 7.18. The SMILES string of the molecule is CCOC(=O)[C@H]1OC(C)=C(C(C)=O)[C@@H]1c1ccc(OC)cc1. The number of Topliss-reactive ketones (excluding diaryl/α,β-unsaturated/α-hetero) is 1. The molecule has 0 aliphatic carbocycles. The Morgan fingerprint density at radius 1 is 1.23 bits per heavy atom. The van der Waals surface area contributed by atoms with E-state index in [-0.39, 0.29) is 12.4 Å². The van der Waals surface area contributed by atoms with E-state index >= 15 is 0 Å². The Hall–Kier alpha value is -2.30. The number of rotatable bonds is 5. The average Bonchev–Trinajstić information content (AvgIpc) is 2.85. The summed E-state index contributed by atoms with van der Waals surface area (Å²) in [6.45, 7) is 5.18. The Labute approximate surface area is 129 Å². The number of esters is 1. The van der Waals surface area contributed by atoms with Gasteiger partial charge in [0.15, 0.2) is 5.78 Å². The van der Waals surface area contributed by atoms with Crippen molar-refractivity contribution in [1.29, 1.82) is 0 Å². The van der Waals surface area contributed by atoms with Crippen LogP contribution in [0.1, 0.15) is 32.3 Å². The molecular formula is C17H20O5. The van der Waals surface area contributed by atoms with Gasteiger partial charge in [0, 0.05) is 5.57 Å². The number of hydrogen-bond donors (Lipinski definition) is 0. The smallest absolute Gasteiger partial charge is 0.348 e. The van der Waals surface area contributed by atoms with Crippen LogP contribution in [0, 0.1) is 0 Å². The van der Waals surface area contributed by atoms with E-state index < -0.39 is 18.0 Å². The first-order chi connectivity index (χ1) is 10.5. The Morgan fingerprint density at radius 2 is 1.86 bits per heavy atom. The molecule has 0 radical (unpaired) electrons. The zero-order valence-electron chi connectivity index (χ0n) is 13.2. The van der Waals surface area contributed by atoms with Gasteiger partial charge in [0.25, 0.3) is 0 Å². The molecule has 0 saturated carbocycles. The summed E-state index contributed by atoms with van der Waals surface area (Å²) in [5.74, 6) is 0.165. The minimum absolute atomic E-state index is 0.106. The van der Waals surface area contributed by atoms with Gasteiger partial charge in [-0.3, -0.25) is 4.79 Å². The maximum Gasteiger partial charge on any atom is 0.348 e. The average molecular weight is 304 g/mol. The second-order valence-corrected chi connectivity index (χ2v) is 5.07. The summed E-state index contributed by atoms with van der Waals surface area (Å²) in [6.07, 6.45) is -0.827. The zero-order chi connectivity index (χ0) is 16.3. The predicted octanol–water partition coefficient (Wildman–Crippen LogP) is 2.60. The predicted molar refractivity (Wildman–Crippen MR) is 80.6 cm³/mol. The van der Waals surface area contributed by atoms with Gasteiger partial charge in [-0.25, -0.2) is 4.79 Å². The molecule has 118 valence electrons. The molecule has 0 fully saturated rings. The van der Waals surface area contributed by atoms with Crippen molar-refractivity contribution in [3.8, 4) is 5.75 Å². The van der Waals surface area contributed by atoms with Gasteiger partial charge in [0.1, 0.15) is 11.5 Å². The van der Waals surface area contributed by atoms with Crippen LogP contribution in [-0.2, 0) is 19.1 Å². The van der Waals surface area contributed by atoms with Crippen molar-refractivity contribution in [2.75, 3.05) is 13.7 Å². The highest BCUT2D eigenvalue weighted by molar-refractivity contribution is 5.97. The van der Waals surface area contributed by atoms with E-state index in [9.17, 15) is 9.59 Å². The molecule has 22 heavy (non-hydrogen) atoms. The Balaban J connectivity index is 2.42. The highest BCUT2D eigenvalue weighted by atomic mass is 16.6. The van der Waals surface area contributed by atoms with E-state index in [1.54, 1.807) is 33.1 Å². The summed E-state index contributed by atoms with van der Waals surface area (Å²) in [7, 11) is 1.58. The van der Waals surface area contributed by atoms with E-state index in [0.29, 0.717) is 17.1 Å². The third-order valence-corrected chi connectivity index (χ3v) is 3.67. The molecule has 2 atom stereocenters. The molecule has 1 aromatic rings.